The molecule has 0 radical (unpaired) electrons. The highest BCUT2D eigenvalue weighted by atomic mass is 35.5. The Labute approximate surface area is 162 Å². The summed E-state index contributed by atoms with van der Waals surface area (Å²) < 4.78 is 41.3. The molecule has 0 spiro atoms. The van der Waals surface area contributed by atoms with Gasteiger partial charge < -0.3 is 5.11 Å². The zero-order valence-electron chi connectivity index (χ0n) is 14.4. The average Bonchev–Trinajstić information content (AvgIpc) is 3.06. The molecule has 0 bridgehead atoms. The van der Waals surface area contributed by atoms with Crippen LogP contribution in [0.5, 0.6) is 0 Å². The van der Waals surface area contributed by atoms with Gasteiger partial charge in [0.15, 0.2) is 0 Å². The average molecular weight is 412 g/mol. The lowest BCUT2D eigenvalue weighted by Gasteiger charge is -2.29. The van der Waals surface area contributed by atoms with Crippen molar-refractivity contribution in [1.82, 2.24) is 4.31 Å². The molecule has 3 rings (SSSR count). The van der Waals surface area contributed by atoms with E-state index >= 15 is 0 Å². The molecule has 5 nitrogen and oxygen atoms in total. The van der Waals surface area contributed by atoms with Gasteiger partial charge in [-0.15, -0.1) is 0 Å². The highest BCUT2D eigenvalue weighted by Crippen LogP contribution is 2.42. The van der Waals surface area contributed by atoms with Crippen LogP contribution >= 0.6 is 11.6 Å². The molecule has 0 aliphatic carbocycles. The van der Waals surface area contributed by atoms with Gasteiger partial charge in [-0.1, -0.05) is 23.7 Å². The van der Waals surface area contributed by atoms with Gasteiger partial charge in [-0.05, 0) is 61.2 Å². The highest BCUT2D eigenvalue weighted by Gasteiger charge is 2.42. The van der Waals surface area contributed by atoms with Crippen molar-refractivity contribution in [2.75, 3.05) is 0 Å². The Bertz CT molecular complexity index is 916. The fourth-order valence-corrected chi connectivity index (χ4v) is 5.53. The molecule has 2 aromatic carbocycles. The molecule has 0 amide bonds. The molecule has 2 atom stereocenters. The Morgan fingerprint density at radius 1 is 1.11 bits per heavy atom. The van der Waals surface area contributed by atoms with Crippen LogP contribution in [0, 0.1) is 5.82 Å². The number of benzene rings is 2. The minimum absolute atomic E-state index is 0.0984. The molecule has 0 saturated carbocycles. The number of hydrogen-bond donors (Lipinski definition) is 1. The predicted molar refractivity (Wildman–Crippen MR) is 99.5 cm³/mol. The minimum atomic E-state index is -3.87. The van der Waals surface area contributed by atoms with E-state index in [9.17, 15) is 17.6 Å². The summed E-state index contributed by atoms with van der Waals surface area (Å²) in [5.74, 6) is -1.37. The molecule has 1 N–H and O–H groups in total. The highest BCUT2D eigenvalue weighted by molar-refractivity contribution is 7.89. The Hall–Kier alpha value is -1.96. The van der Waals surface area contributed by atoms with Gasteiger partial charge in [0.1, 0.15) is 5.82 Å². The summed E-state index contributed by atoms with van der Waals surface area (Å²) in [6.07, 6.45) is 1.19. The van der Waals surface area contributed by atoms with Gasteiger partial charge in [-0.2, -0.15) is 4.31 Å². The first-order valence-electron chi connectivity index (χ1n) is 8.55. The molecule has 2 aromatic rings. The number of hydrogen-bond acceptors (Lipinski definition) is 3. The maximum absolute atomic E-state index is 13.3. The lowest BCUT2D eigenvalue weighted by atomic mass is 10.1. The molecule has 8 heteroatoms. The van der Waals surface area contributed by atoms with Crippen molar-refractivity contribution in [3.63, 3.8) is 0 Å². The minimum Gasteiger partial charge on any atom is -0.481 e. The third kappa shape index (κ3) is 4.31. The summed E-state index contributed by atoms with van der Waals surface area (Å²) in [5.41, 5.74) is 0.687. The van der Waals surface area contributed by atoms with E-state index in [-0.39, 0.29) is 17.7 Å². The second-order valence-electron chi connectivity index (χ2n) is 6.52. The first-order chi connectivity index (χ1) is 12.8. The fraction of sp³-hybridized carbons (Fsp3) is 0.316. The van der Waals surface area contributed by atoms with E-state index < -0.39 is 33.9 Å². The van der Waals surface area contributed by atoms with E-state index in [1.54, 1.807) is 12.1 Å². The van der Waals surface area contributed by atoms with Gasteiger partial charge in [0, 0.05) is 17.5 Å². The number of sulfonamides is 1. The van der Waals surface area contributed by atoms with E-state index in [1.165, 1.54) is 40.7 Å². The summed E-state index contributed by atoms with van der Waals surface area (Å²) in [6.45, 7) is 0. The van der Waals surface area contributed by atoms with Crippen molar-refractivity contribution in [2.45, 2.75) is 42.7 Å². The van der Waals surface area contributed by atoms with E-state index in [2.05, 4.69) is 0 Å². The molecule has 1 aliphatic rings. The van der Waals surface area contributed by atoms with Crippen LogP contribution in [0.3, 0.4) is 0 Å². The van der Waals surface area contributed by atoms with Crippen LogP contribution in [0.15, 0.2) is 53.4 Å². The number of carboxylic acids is 1. The summed E-state index contributed by atoms with van der Waals surface area (Å²) in [6, 6.07) is 10.7. The van der Waals surface area contributed by atoms with Crippen LogP contribution in [-0.4, -0.2) is 29.8 Å². The number of aliphatic carboxylic acids is 1. The van der Waals surface area contributed by atoms with E-state index in [0.29, 0.717) is 23.4 Å². The molecule has 1 saturated heterocycles. The standard InChI is InChI=1S/C19H19ClFNO4S/c20-14-3-9-17(10-4-14)27(25,26)22-16(8-12-19(23)24)7-11-18(22)13-1-5-15(21)6-2-13/h1-6,9-10,16,18H,7-8,11-12H2,(H,23,24). The topological polar surface area (TPSA) is 74.7 Å². The third-order valence-electron chi connectivity index (χ3n) is 4.78. The summed E-state index contributed by atoms with van der Waals surface area (Å²) in [5, 5.41) is 9.42. The summed E-state index contributed by atoms with van der Waals surface area (Å²) >= 11 is 5.86. The second-order valence-corrected chi connectivity index (χ2v) is 8.80. The molecular weight excluding hydrogens is 393 g/mol. The van der Waals surface area contributed by atoms with Crippen LogP contribution in [0.2, 0.25) is 5.02 Å². The van der Waals surface area contributed by atoms with Crippen LogP contribution in [0.4, 0.5) is 4.39 Å². The first-order valence-corrected chi connectivity index (χ1v) is 10.4. The van der Waals surface area contributed by atoms with Crippen molar-refractivity contribution in [3.8, 4) is 0 Å². The van der Waals surface area contributed by atoms with E-state index in [1.807, 2.05) is 0 Å². The number of halogens is 2. The van der Waals surface area contributed by atoms with Crippen LogP contribution < -0.4 is 0 Å². The van der Waals surface area contributed by atoms with E-state index in [0.717, 1.165) is 0 Å². The second kappa shape index (κ2) is 7.96. The van der Waals surface area contributed by atoms with Gasteiger partial charge >= 0.3 is 5.97 Å². The maximum Gasteiger partial charge on any atom is 0.303 e. The number of carbonyl (C=O) groups is 1. The predicted octanol–water partition coefficient (Wildman–Crippen LogP) is 4.24. The van der Waals surface area contributed by atoms with Crippen LogP contribution in [0.1, 0.15) is 37.3 Å². The van der Waals surface area contributed by atoms with Crippen LogP contribution in [-0.2, 0) is 14.8 Å². The summed E-state index contributed by atoms with van der Waals surface area (Å²) in [7, 11) is -3.87. The monoisotopic (exact) mass is 411 g/mol. The quantitative estimate of drug-likeness (QED) is 0.771. The maximum atomic E-state index is 13.3. The zero-order chi connectivity index (χ0) is 19.6. The lowest BCUT2D eigenvalue weighted by Crippen LogP contribution is -2.37. The number of nitrogens with zero attached hydrogens (tertiary/aromatic N) is 1. The number of carboxylic acid groups (broad SMARTS) is 1. The third-order valence-corrected chi connectivity index (χ3v) is 7.00. The smallest absolute Gasteiger partial charge is 0.303 e. The van der Waals surface area contributed by atoms with Crippen molar-refractivity contribution in [2.24, 2.45) is 0 Å². The summed E-state index contributed by atoms with van der Waals surface area (Å²) in [4.78, 5) is 11.1. The van der Waals surface area contributed by atoms with Crippen molar-refractivity contribution in [3.05, 3.63) is 64.9 Å². The molecule has 144 valence electrons. The molecular formula is C19H19ClFNO4S. The van der Waals surface area contributed by atoms with Gasteiger partial charge in [0.2, 0.25) is 10.0 Å². The largest absolute Gasteiger partial charge is 0.481 e. The molecule has 1 fully saturated rings. The van der Waals surface area contributed by atoms with Gasteiger partial charge in [0.05, 0.1) is 10.9 Å². The molecule has 1 heterocycles. The zero-order valence-corrected chi connectivity index (χ0v) is 16.0. The van der Waals surface area contributed by atoms with Gasteiger partial charge in [0.25, 0.3) is 0 Å². The molecule has 2 unspecified atom stereocenters. The van der Waals surface area contributed by atoms with Gasteiger partial charge in [-0.3, -0.25) is 4.79 Å². The van der Waals surface area contributed by atoms with Crippen LogP contribution in [0.25, 0.3) is 0 Å². The Kier molecular flexibility index (Phi) is 5.83. The fourth-order valence-electron chi connectivity index (χ4n) is 3.51. The van der Waals surface area contributed by atoms with Crippen molar-refractivity contribution in [1.29, 1.82) is 0 Å². The van der Waals surface area contributed by atoms with Crippen molar-refractivity contribution >= 4 is 27.6 Å². The first kappa shape index (κ1) is 19.8. The lowest BCUT2D eigenvalue weighted by molar-refractivity contribution is -0.137. The Balaban J connectivity index is 2.00. The SMILES string of the molecule is O=C(O)CCC1CCC(c2ccc(F)cc2)N1S(=O)(=O)c1ccc(Cl)cc1. The molecule has 0 aromatic heterocycles. The normalized spacial score (nSPS) is 20.7. The molecule has 1 aliphatic heterocycles. The Morgan fingerprint density at radius 2 is 1.74 bits per heavy atom. The van der Waals surface area contributed by atoms with Crippen molar-refractivity contribution < 1.29 is 22.7 Å². The Morgan fingerprint density at radius 3 is 2.33 bits per heavy atom. The van der Waals surface area contributed by atoms with E-state index in [4.69, 9.17) is 16.7 Å². The van der Waals surface area contributed by atoms with Gasteiger partial charge in [-0.25, -0.2) is 12.8 Å². The molecule has 27 heavy (non-hydrogen) atoms. The number of rotatable bonds is 6.